The molecule has 1 aromatic carbocycles. The van der Waals surface area contributed by atoms with Crippen molar-refractivity contribution < 1.29 is 9.59 Å². The van der Waals surface area contributed by atoms with E-state index >= 15 is 0 Å². The van der Waals surface area contributed by atoms with Crippen LogP contribution in [0.5, 0.6) is 0 Å². The van der Waals surface area contributed by atoms with Crippen molar-refractivity contribution in [2.75, 3.05) is 0 Å². The summed E-state index contributed by atoms with van der Waals surface area (Å²) in [6.45, 7) is 0. The average Bonchev–Trinajstić information content (AvgIpc) is 3.17. The number of hydrogen-bond acceptors (Lipinski definition) is 3. The van der Waals surface area contributed by atoms with E-state index in [-0.39, 0.29) is 23.8 Å². The maximum atomic E-state index is 13.2. The molecular weight excluding hydrogens is 324 g/mol. The Balaban J connectivity index is 1.47. The molecule has 1 N–H and O–H groups in total. The summed E-state index contributed by atoms with van der Waals surface area (Å²) >= 11 is 0. The number of carbonyl (C=O) groups excluding carboxylic acids is 2. The number of ketones is 1. The Morgan fingerprint density at radius 1 is 1.00 bits per heavy atom. The Bertz CT molecular complexity index is 783. The van der Waals surface area contributed by atoms with Crippen LogP contribution in [0, 0.1) is 52.8 Å². The van der Waals surface area contributed by atoms with Gasteiger partial charge < -0.3 is 5.32 Å². The van der Waals surface area contributed by atoms with E-state index in [4.69, 9.17) is 0 Å². The third-order valence-corrected chi connectivity index (χ3v) is 7.77. The molecule has 1 saturated heterocycles. The van der Waals surface area contributed by atoms with E-state index in [2.05, 4.69) is 11.4 Å². The zero-order valence-corrected chi connectivity index (χ0v) is 14.8. The van der Waals surface area contributed by atoms with Crippen LogP contribution < -0.4 is 5.32 Å². The fourth-order valence-corrected chi connectivity index (χ4v) is 6.97. The van der Waals surface area contributed by atoms with E-state index in [1.165, 1.54) is 0 Å². The van der Waals surface area contributed by atoms with E-state index in [1.54, 1.807) is 0 Å². The summed E-state index contributed by atoms with van der Waals surface area (Å²) in [6, 6.07) is 12.1. The summed E-state index contributed by atoms with van der Waals surface area (Å²) < 4.78 is 0. The second-order valence-electron chi connectivity index (χ2n) is 8.63. The van der Waals surface area contributed by atoms with E-state index in [0.29, 0.717) is 29.5 Å². The second-order valence-corrected chi connectivity index (χ2v) is 8.63. The predicted octanol–water partition coefficient (Wildman–Crippen LogP) is 3.20. The third kappa shape index (κ3) is 2.13. The lowest BCUT2D eigenvalue weighted by Gasteiger charge is -2.46. The predicted molar refractivity (Wildman–Crippen MR) is 95.8 cm³/mol. The highest BCUT2D eigenvalue weighted by Gasteiger charge is 2.63. The van der Waals surface area contributed by atoms with Gasteiger partial charge in [0.2, 0.25) is 5.91 Å². The van der Waals surface area contributed by atoms with Gasteiger partial charge in [0.1, 0.15) is 5.92 Å². The minimum absolute atomic E-state index is 0.0643. The first-order valence-corrected chi connectivity index (χ1v) is 10.00. The van der Waals surface area contributed by atoms with Gasteiger partial charge >= 0.3 is 0 Å². The summed E-state index contributed by atoms with van der Waals surface area (Å²) in [5, 5.41) is 12.7. The number of benzene rings is 1. The highest BCUT2D eigenvalue weighted by Crippen LogP contribution is 2.61. The molecule has 4 heteroatoms. The van der Waals surface area contributed by atoms with Crippen molar-refractivity contribution >= 4 is 11.7 Å². The smallest absolute Gasteiger partial charge is 0.237 e. The van der Waals surface area contributed by atoms with Crippen molar-refractivity contribution in [1.82, 2.24) is 5.32 Å². The van der Waals surface area contributed by atoms with Crippen LogP contribution in [0.15, 0.2) is 30.3 Å². The zero-order valence-electron chi connectivity index (χ0n) is 14.8. The highest BCUT2D eigenvalue weighted by molar-refractivity contribution is 5.98. The largest absolute Gasteiger partial charge is 0.352 e. The van der Waals surface area contributed by atoms with E-state index in [0.717, 1.165) is 37.7 Å². The highest BCUT2D eigenvalue weighted by atomic mass is 16.2. The molecule has 1 aliphatic heterocycles. The Morgan fingerprint density at radius 3 is 2.54 bits per heavy atom. The molecule has 8 unspecified atom stereocenters. The summed E-state index contributed by atoms with van der Waals surface area (Å²) in [4.78, 5) is 25.4. The number of carbonyl (C=O) groups is 2. The zero-order chi connectivity index (χ0) is 17.8. The monoisotopic (exact) mass is 348 g/mol. The molecule has 0 aromatic heterocycles. The summed E-state index contributed by atoms with van der Waals surface area (Å²) in [5.41, 5.74) is 0.833. The van der Waals surface area contributed by atoms with Crippen molar-refractivity contribution in [2.24, 2.45) is 41.4 Å². The lowest BCUT2D eigenvalue weighted by molar-refractivity contribution is -0.122. The first kappa shape index (κ1) is 16.1. The van der Waals surface area contributed by atoms with Crippen LogP contribution >= 0.6 is 0 Å². The quantitative estimate of drug-likeness (QED) is 0.835. The van der Waals surface area contributed by atoms with Crippen molar-refractivity contribution in [1.29, 1.82) is 5.26 Å². The van der Waals surface area contributed by atoms with Gasteiger partial charge in [-0.25, -0.2) is 0 Å². The molecule has 26 heavy (non-hydrogen) atoms. The lowest BCUT2D eigenvalue weighted by Crippen LogP contribution is -2.44. The summed E-state index contributed by atoms with van der Waals surface area (Å²) in [7, 11) is 0. The third-order valence-electron chi connectivity index (χ3n) is 7.77. The number of nitriles is 1. The van der Waals surface area contributed by atoms with Crippen LogP contribution in [0.3, 0.4) is 0 Å². The van der Waals surface area contributed by atoms with Gasteiger partial charge in [0.25, 0.3) is 0 Å². The van der Waals surface area contributed by atoms with Gasteiger partial charge in [0.05, 0.1) is 6.07 Å². The number of nitrogens with zero attached hydrogens (tertiary/aromatic N) is 1. The Kier molecular flexibility index (Phi) is 3.67. The Labute approximate surface area is 154 Å². The fraction of sp³-hybridized carbons (Fsp3) is 0.591. The molecule has 4 aliphatic rings. The van der Waals surface area contributed by atoms with E-state index in [9.17, 15) is 14.9 Å². The average molecular weight is 348 g/mol. The van der Waals surface area contributed by atoms with Crippen molar-refractivity contribution in [3.8, 4) is 6.07 Å². The van der Waals surface area contributed by atoms with Gasteiger partial charge in [-0.1, -0.05) is 36.8 Å². The molecule has 1 amide bonds. The standard InChI is InChI=1S/C22H24N2O2/c23-11-17-19-15-10-9-14(21(25)12-5-2-1-3-6-12)13-7-4-8-16(18(13)15)20(19)24-22(17)26/h1-3,5-6,13-20H,4,7-10H2,(H,24,26). The van der Waals surface area contributed by atoms with Crippen molar-refractivity contribution in [2.45, 2.75) is 38.1 Å². The maximum absolute atomic E-state index is 13.2. The molecule has 1 heterocycles. The number of fused-ring (bicyclic) bond motifs is 3. The van der Waals surface area contributed by atoms with Crippen LogP contribution in [-0.4, -0.2) is 17.7 Å². The number of rotatable bonds is 2. The normalized spacial score (nSPS) is 43.1. The first-order chi connectivity index (χ1) is 12.7. The van der Waals surface area contributed by atoms with Crippen LogP contribution in [0.25, 0.3) is 0 Å². The molecule has 0 bridgehead atoms. The minimum Gasteiger partial charge on any atom is -0.352 e. The topological polar surface area (TPSA) is 70.0 Å². The van der Waals surface area contributed by atoms with Gasteiger partial charge in [-0.15, -0.1) is 0 Å². The molecule has 5 rings (SSSR count). The summed E-state index contributed by atoms with van der Waals surface area (Å²) in [5.74, 6) is 1.82. The van der Waals surface area contributed by atoms with Gasteiger partial charge in [0.15, 0.2) is 5.78 Å². The van der Waals surface area contributed by atoms with E-state index in [1.807, 2.05) is 30.3 Å². The van der Waals surface area contributed by atoms with Crippen molar-refractivity contribution in [3.63, 3.8) is 0 Å². The molecule has 0 radical (unpaired) electrons. The van der Waals surface area contributed by atoms with Gasteiger partial charge in [-0.3, -0.25) is 9.59 Å². The first-order valence-electron chi connectivity index (χ1n) is 10.00. The van der Waals surface area contributed by atoms with Crippen molar-refractivity contribution in [3.05, 3.63) is 35.9 Å². The van der Waals surface area contributed by atoms with Gasteiger partial charge in [-0.2, -0.15) is 5.26 Å². The maximum Gasteiger partial charge on any atom is 0.237 e. The molecule has 4 fully saturated rings. The van der Waals surface area contributed by atoms with Crippen LogP contribution in [0.2, 0.25) is 0 Å². The molecule has 8 atom stereocenters. The van der Waals surface area contributed by atoms with Gasteiger partial charge in [0, 0.05) is 23.4 Å². The summed E-state index contributed by atoms with van der Waals surface area (Å²) in [6.07, 6.45) is 5.26. The van der Waals surface area contributed by atoms with Gasteiger partial charge in [-0.05, 0) is 49.4 Å². The van der Waals surface area contributed by atoms with E-state index < -0.39 is 5.92 Å². The molecule has 3 saturated carbocycles. The van der Waals surface area contributed by atoms with Crippen LogP contribution in [0.1, 0.15) is 42.5 Å². The lowest BCUT2D eigenvalue weighted by atomic mass is 9.58. The van der Waals surface area contributed by atoms with Crippen LogP contribution in [-0.2, 0) is 4.79 Å². The van der Waals surface area contributed by atoms with Crippen LogP contribution in [0.4, 0.5) is 0 Å². The molecule has 0 spiro atoms. The number of amides is 1. The molecule has 1 aromatic rings. The number of Topliss-reactive ketones (excluding diaryl/α,β-unsaturated/α-hetero) is 1. The second kappa shape index (κ2) is 5.94. The molecule has 4 nitrogen and oxygen atoms in total. The molecule has 134 valence electrons. The minimum atomic E-state index is -0.488. The SMILES string of the molecule is N#CC1C(=O)NC2C3CCCC4C(C(=O)c5ccccc5)CCC(C43)C12. The number of hydrogen-bond donors (Lipinski definition) is 1. The Hall–Kier alpha value is -2.15. The molecule has 3 aliphatic carbocycles. The molecular formula is C22H24N2O2. The Morgan fingerprint density at radius 2 is 1.77 bits per heavy atom. The number of nitrogens with one attached hydrogen (secondary N) is 1. The fourth-order valence-electron chi connectivity index (χ4n) is 6.97.